The van der Waals surface area contributed by atoms with Crippen molar-refractivity contribution in [3.05, 3.63) is 43.3 Å². The van der Waals surface area contributed by atoms with E-state index >= 15 is 0 Å². The average molecular weight is 408 g/mol. The zero-order valence-electron chi connectivity index (χ0n) is 16.6. The van der Waals surface area contributed by atoms with E-state index in [1.165, 1.54) is 11.5 Å². The van der Waals surface area contributed by atoms with Gasteiger partial charge in [-0.1, -0.05) is 11.3 Å². The number of aromatic amines is 1. The number of aryl methyl sites for hydroxylation is 2. The lowest BCUT2D eigenvalue weighted by atomic mass is 10.1. The van der Waals surface area contributed by atoms with Crippen molar-refractivity contribution in [3.8, 4) is 0 Å². The van der Waals surface area contributed by atoms with Crippen LogP contribution in [0.25, 0.3) is 0 Å². The number of carbonyl (C=O) groups excluding carboxylic acids is 3. The Bertz CT molecular complexity index is 952. The average Bonchev–Trinajstić information content (AvgIpc) is 3.11. The summed E-state index contributed by atoms with van der Waals surface area (Å²) in [7, 11) is 0. The second kappa shape index (κ2) is 9.01. The van der Waals surface area contributed by atoms with Gasteiger partial charge in [0.25, 0.3) is 0 Å². The number of hydrogen-bond donors (Lipinski definition) is 1. The number of ketones is 1. The van der Waals surface area contributed by atoms with Gasteiger partial charge in [0, 0.05) is 23.3 Å². The van der Waals surface area contributed by atoms with Gasteiger partial charge in [0.15, 0.2) is 6.10 Å². The third-order valence-corrected chi connectivity index (χ3v) is 5.24. The molecule has 152 valence electrons. The zero-order chi connectivity index (χ0) is 21.0. The number of carbonyl (C=O) groups is 3. The van der Waals surface area contributed by atoms with Crippen LogP contribution in [0.2, 0.25) is 0 Å². The lowest BCUT2D eigenvalue weighted by Gasteiger charge is -2.12. The van der Waals surface area contributed by atoms with Crippen molar-refractivity contribution in [1.29, 1.82) is 0 Å². The Morgan fingerprint density at radius 1 is 1.25 bits per heavy atom. The molecule has 9 heteroatoms. The first-order valence-corrected chi connectivity index (χ1v) is 9.80. The highest BCUT2D eigenvalue weighted by molar-refractivity contribution is 7.07. The molecule has 0 saturated heterocycles. The molecule has 0 aliphatic heterocycles. The van der Waals surface area contributed by atoms with Gasteiger partial charge in [0.2, 0.25) is 5.78 Å². The first-order chi connectivity index (χ1) is 13.2. The van der Waals surface area contributed by atoms with E-state index in [2.05, 4.69) is 4.98 Å². The molecule has 0 spiro atoms. The number of H-pyrrole nitrogens is 1. The number of ether oxygens (including phenoxy) is 2. The standard InChI is InChI=1S/C19H24N2O6S/c1-6-26-18(24)15-11(3)16(20-12(15)4)17(23)13(5)27-14(22)7-8-21-10(2)9-28-19(21)25/h9,13,20H,6-8H2,1-5H3/t13-/m0/s1. The smallest absolute Gasteiger partial charge is 0.340 e. The Kier molecular flexibility index (Phi) is 6.95. The van der Waals surface area contributed by atoms with E-state index in [9.17, 15) is 19.2 Å². The Labute approximate surface area is 166 Å². The van der Waals surface area contributed by atoms with Crippen LogP contribution >= 0.6 is 11.3 Å². The molecule has 0 aromatic carbocycles. The van der Waals surface area contributed by atoms with E-state index in [0.29, 0.717) is 16.8 Å². The van der Waals surface area contributed by atoms with Gasteiger partial charge in [-0.3, -0.25) is 14.4 Å². The molecule has 0 fully saturated rings. The number of esters is 2. The quantitative estimate of drug-likeness (QED) is 0.531. The molecule has 1 atom stereocenters. The van der Waals surface area contributed by atoms with E-state index in [-0.39, 0.29) is 30.1 Å². The summed E-state index contributed by atoms with van der Waals surface area (Å²) in [6.45, 7) is 8.70. The second-order valence-electron chi connectivity index (χ2n) is 6.39. The molecule has 8 nitrogen and oxygen atoms in total. The summed E-state index contributed by atoms with van der Waals surface area (Å²) < 4.78 is 11.7. The Hall–Kier alpha value is -2.68. The van der Waals surface area contributed by atoms with Crippen molar-refractivity contribution in [2.45, 2.75) is 53.7 Å². The molecular formula is C19H24N2O6S. The van der Waals surface area contributed by atoms with Gasteiger partial charge in [-0.2, -0.15) is 0 Å². The van der Waals surface area contributed by atoms with Crippen LogP contribution in [-0.2, 0) is 20.8 Å². The summed E-state index contributed by atoms with van der Waals surface area (Å²) in [6, 6.07) is 0. The maximum atomic E-state index is 12.7. The number of hydrogen-bond acceptors (Lipinski definition) is 7. The van der Waals surface area contributed by atoms with Crippen LogP contribution in [-0.4, -0.2) is 40.0 Å². The van der Waals surface area contributed by atoms with Crippen LogP contribution in [0.1, 0.15) is 58.1 Å². The van der Waals surface area contributed by atoms with Gasteiger partial charge < -0.3 is 19.0 Å². The van der Waals surface area contributed by atoms with Crippen molar-refractivity contribution in [3.63, 3.8) is 0 Å². The number of rotatable bonds is 8. The lowest BCUT2D eigenvalue weighted by molar-refractivity contribution is -0.146. The molecule has 2 aromatic rings. The number of nitrogens with one attached hydrogen (secondary N) is 1. The third-order valence-electron chi connectivity index (χ3n) is 4.36. The molecule has 0 aliphatic carbocycles. The molecule has 2 aromatic heterocycles. The summed E-state index contributed by atoms with van der Waals surface area (Å²) >= 11 is 1.07. The van der Waals surface area contributed by atoms with E-state index < -0.39 is 23.8 Å². The fraction of sp³-hybridized carbons (Fsp3) is 0.474. The summed E-state index contributed by atoms with van der Waals surface area (Å²) in [5.74, 6) is -1.52. The second-order valence-corrected chi connectivity index (χ2v) is 7.21. The summed E-state index contributed by atoms with van der Waals surface area (Å²) in [5, 5.41) is 1.72. The molecule has 1 N–H and O–H groups in total. The Morgan fingerprint density at radius 2 is 1.93 bits per heavy atom. The lowest BCUT2D eigenvalue weighted by Crippen LogP contribution is -2.26. The van der Waals surface area contributed by atoms with Crippen LogP contribution in [0.3, 0.4) is 0 Å². The van der Waals surface area contributed by atoms with Gasteiger partial charge in [0.05, 0.1) is 24.3 Å². The fourth-order valence-electron chi connectivity index (χ4n) is 2.90. The molecule has 0 amide bonds. The van der Waals surface area contributed by atoms with Gasteiger partial charge in [-0.25, -0.2) is 4.79 Å². The monoisotopic (exact) mass is 408 g/mol. The number of Topliss-reactive ketones (excluding diaryl/α,β-unsaturated/α-hetero) is 1. The van der Waals surface area contributed by atoms with Gasteiger partial charge in [0.1, 0.15) is 0 Å². The highest BCUT2D eigenvalue weighted by Crippen LogP contribution is 2.21. The first-order valence-electron chi connectivity index (χ1n) is 8.92. The van der Waals surface area contributed by atoms with Gasteiger partial charge in [-0.05, 0) is 40.2 Å². The van der Waals surface area contributed by atoms with Crippen LogP contribution in [0.4, 0.5) is 0 Å². The van der Waals surface area contributed by atoms with Crippen molar-refractivity contribution >= 4 is 29.1 Å². The fourth-order valence-corrected chi connectivity index (χ4v) is 3.66. The van der Waals surface area contributed by atoms with Crippen molar-refractivity contribution < 1.29 is 23.9 Å². The Balaban J connectivity index is 2.04. The van der Waals surface area contributed by atoms with E-state index in [1.807, 2.05) is 0 Å². The summed E-state index contributed by atoms with van der Waals surface area (Å²) in [4.78, 5) is 51.2. The maximum absolute atomic E-state index is 12.7. The minimum absolute atomic E-state index is 0.0219. The molecule has 0 saturated carbocycles. The van der Waals surface area contributed by atoms with Crippen molar-refractivity contribution in [2.24, 2.45) is 0 Å². The van der Waals surface area contributed by atoms with Crippen LogP contribution < -0.4 is 4.87 Å². The third kappa shape index (κ3) is 4.59. The highest BCUT2D eigenvalue weighted by Gasteiger charge is 2.27. The van der Waals surface area contributed by atoms with E-state index in [1.54, 1.807) is 33.1 Å². The molecule has 2 rings (SSSR count). The van der Waals surface area contributed by atoms with Crippen molar-refractivity contribution in [2.75, 3.05) is 6.61 Å². The number of aromatic nitrogens is 2. The topological polar surface area (TPSA) is 107 Å². The number of thiazole rings is 1. The van der Waals surface area contributed by atoms with Crippen molar-refractivity contribution in [1.82, 2.24) is 9.55 Å². The molecule has 28 heavy (non-hydrogen) atoms. The maximum Gasteiger partial charge on any atom is 0.340 e. The zero-order valence-corrected chi connectivity index (χ0v) is 17.4. The van der Waals surface area contributed by atoms with Gasteiger partial charge in [-0.15, -0.1) is 0 Å². The molecule has 0 unspecified atom stereocenters. The van der Waals surface area contributed by atoms with Gasteiger partial charge >= 0.3 is 16.8 Å². The van der Waals surface area contributed by atoms with E-state index in [0.717, 1.165) is 17.0 Å². The molecule has 2 heterocycles. The molecule has 0 radical (unpaired) electrons. The minimum atomic E-state index is -1.03. The summed E-state index contributed by atoms with van der Waals surface area (Å²) in [6.07, 6.45) is -1.05. The molecule has 0 bridgehead atoms. The van der Waals surface area contributed by atoms with E-state index in [4.69, 9.17) is 9.47 Å². The SMILES string of the molecule is CCOC(=O)c1c(C)[nH]c(C(=O)[C@H](C)OC(=O)CCn2c(C)csc2=O)c1C. The van der Waals surface area contributed by atoms with Crippen LogP contribution in [0.15, 0.2) is 10.2 Å². The normalized spacial score (nSPS) is 11.9. The Morgan fingerprint density at radius 3 is 2.50 bits per heavy atom. The first kappa shape index (κ1) is 21.6. The molecular weight excluding hydrogens is 384 g/mol. The van der Waals surface area contributed by atoms with Crippen LogP contribution in [0.5, 0.6) is 0 Å². The van der Waals surface area contributed by atoms with Crippen LogP contribution in [0, 0.1) is 20.8 Å². The summed E-state index contributed by atoms with van der Waals surface area (Å²) in [5.41, 5.74) is 2.28. The number of nitrogens with zero attached hydrogens (tertiary/aromatic N) is 1. The predicted octanol–water partition coefficient (Wildman–Crippen LogP) is 2.54. The highest BCUT2D eigenvalue weighted by atomic mass is 32.1. The predicted molar refractivity (Wildman–Crippen MR) is 104 cm³/mol. The molecule has 0 aliphatic rings. The largest absolute Gasteiger partial charge is 0.462 e. The minimum Gasteiger partial charge on any atom is -0.462 e.